The monoisotopic (exact) mass is 424 g/mol. The van der Waals surface area contributed by atoms with Crippen LogP contribution in [-0.2, 0) is 16.1 Å². The van der Waals surface area contributed by atoms with Crippen LogP contribution in [0.1, 0.15) is 49.4 Å². The van der Waals surface area contributed by atoms with E-state index in [2.05, 4.69) is 17.1 Å². The Morgan fingerprint density at radius 1 is 1.03 bits per heavy atom. The highest BCUT2D eigenvalue weighted by Gasteiger charge is 2.27. The number of amides is 2. The van der Waals surface area contributed by atoms with Gasteiger partial charge in [0, 0.05) is 42.8 Å². The fourth-order valence-electron chi connectivity index (χ4n) is 4.90. The number of aromatic nitrogens is 1. The predicted molar refractivity (Wildman–Crippen MR) is 120 cm³/mol. The Kier molecular flexibility index (Phi) is 6.70. The quantitative estimate of drug-likeness (QED) is 0.547. The highest BCUT2D eigenvalue weighted by atomic mass is 16.2. The first-order chi connectivity index (χ1) is 15.1. The third kappa shape index (κ3) is 4.66. The minimum absolute atomic E-state index is 0.0600. The van der Waals surface area contributed by atoms with Gasteiger partial charge in [0.2, 0.25) is 5.91 Å². The number of likely N-dealkylation sites (tertiary alicyclic amines) is 2. The molecule has 2 aliphatic rings. The van der Waals surface area contributed by atoms with Crippen molar-refractivity contribution in [3.05, 3.63) is 36.0 Å². The summed E-state index contributed by atoms with van der Waals surface area (Å²) in [5.74, 6) is -1.06. The summed E-state index contributed by atoms with van der Waals surface area (Å²) in [6.45, 7) is 6.37. The van der Waals surface area contributed by atoms with Crippen LogP contribution in [0, 0.1) is 0 Å². The molecule has 1 unspecified atom stereocenters. The molecule has 7 nitrogen and oxygen atoms in total. The van der Waals surface area contributed by atoms with E-state index in [1.807, 2.05) is 33.7 Å². The van der Waals surface area contributed by atoms with Crippen molar-refractivity contribution in [2.24, 2.45) is 0 Å². The SMILES string of the molecule is CCN1CCCC1CNC(=O)C(=O)c1cn(CC(=O)N2CCCCC2)c2ccccc12. The summed E-state index contributed by atoms with van der Waals surface area (Å²) in [5.41, 5.74) is 1.16. The lowest BCUT2D eigenvalue weighted by molar-refractivity contribution is -0.132. The lowest BCUT2D eigenvalue weighted by Crippen LogP contribution is -2.42. The maximum atomic E-state index is 13.0. The van der Waals surface area contributed by atoms with Crippen molar-refractivity contribution in [2.45, 2.75) is 51.6 Å². The molecule has 4 rings (SSSR count). The first-order valence-corrected chi connectivity index (χ1v) is 11.5. The molecular weight excluding hydrogens is 392 g/mol. The van der Waals surface area contributed by atoms with Crippen LogP contribution in [-0.4, -0.2) is 70.7 Å². The van der Waals surface area contributed by atoms with Crippen LogP contribution in [0.5, 0.6) is 0 Å². The van der Waals surface area contributed by atoms with Crippen molar-refractivity contribution in [2.75, 3.05) is 32.7 Å². The van der Waals surface area contributed by atoms with E-state index in [0.29, 0.717) is 23.5 Å². The van der Waals surface area contributed by atoms with Gasteiger partial charge in [-0.1, -0.05) is 25.1 Å². The van der Waals surface area contributed by atoms with E-state index in [1.165, 1.54) is 6.42 Å². The van der Waals surface area contributed by atoms with Crippen LogP contribution in [0.15, 0.2) is 30.5 Å². The van der Waals surface area contributed by atoms with Crippen molar-refractivity contribution in [1.82, 2.24) is 19.7 Å². The Hall–Kier alpha value is -2.67. The van der Waals surface area contributed by atoms with Crippen LogP contribution < -0.4 is 5.32 Å². The average molecular weight is 425 g/mol. The number of likely N-dealkylation sites (N-methyl/N-ethyl adjacent to an activating group) is 1. The molecule has 0 saturated carbocycles. The Bertz CT molecular complexity index is 961. The highest BCUT2D eigenvalue weighted by Crippen LogP contribution is 2.23. The molecule has 1 aromatic carbocycles. The van der Waals surface area contributed by atoms with Gasteiger partial charge < -0.3 is 14.8 Å². The molecule has 166 valence electrons. The van der Waals surface area contributed by atoms with E-state index in [4.69, 9.17) is 0 Å². The molecule has 2 amide bonds. The first-order valence-electron chi connectivity index (χ1n) is 11.5. The molecule has 1 aromatic heterocycles. The summed E-state index contributed by atoms with van der Waals surface area (Å²) in [4.78, 5) is 42.6. The van der Waals surface area contributed by atoms with Gasteiger partial charge in [-0.15, -0.1) is 0 Å². The lowest BCUT2D eigenvalue weighted by atomic mass is 10.1. The van der Waals surface area contributed by atoms with Crippen molar-refractivity contribution in [3.63, 3.8) is 0 Å². The number of piperidine rings is 1. The standard InChI is InChI=1S/C24H32N4O3/c1-2-26-14-8-9-18(26)15-25-24(31)23(30)20-16-28(21-11-5-4-10-19(20)21)17-22(29)27-12-6-3-7-13-27/h4-5,10-11,16,18H,2-3,6-9,12-15,17H2,1H3,(H,25,31). The normalized spacial score (nSPS) is 19.6. The number of rotatable bonds is 7. The van der Waals surface area contributed by atoms with E-state index in [-0.39, 0.29) is 12.5 Å². The van der Waals surface area contributed by atoms with Gasteiger partial charge in [0.1, 0.15) is 6.54 Å². The molecule has 2 fully saturated rings. The van der Waals surface area contributed by atoms with E-state index in [9.17, 15) is 14.4 Å². The summed E-state index contributed by atoms with van der Waals surface area (Å²) in [6, 6.07) is 7.77. The first kappa shape index (κ1) is 21.6. The molecule has 2 aromatic rings. The Balaban J connectivity index is 1.48. The van der Waals surface area contributed by atoms with Crippen molar-refractivity contribution in [3.8, 4) is 0 Å². The second-order valence-electron chi connectivity index (χ2n) is 8.59. The van der Waals surface area contributed by atoms with Crippen LogP contribution in [0.25, 0.3) is 10.9 Å². The van der Waals surface area contributed by atoms with Gasteiger partial charge in [-0.25, -0.2) is 0 Å². The van der Waals surface area contributed by atoms with Crippen LogP contribution in [0.3, 0.4) is 0 Å². The summed E-state index contributed by atoms with van der Waals surface area (Å²) < 4.78 is 1.81. The molecule has 2 aliphatic heterocycles. The highest BCUT2D eigenvalue weighted by molar-refractivity contribution is 6.45. The summed E-state index contributed by atoms with van der Waals surface area (Å²) in [7, 11) is 0. The molecule has 0 radical (unpaired) electrons. The third-order valence-corrected chi connectivity index (χ3v) is 6.66. The van der Waals surface area contributed by atoms with E-state index >= 15 is 0 Å². The van der Waals surface area contributed by atoms with Crippen LogP contribution in [0.2, 0.25) is 0 Å². The molecule has 0 aliphatic carbocycles. The maximum Gasteiger partial charge on any atom is 0.292 e. The molecule has 1 N–H and O–H groups in total. The number of ketones is 1. The van der Waals surface area contributed by atoms with Gasteiger partial charge in [-0.05, 0) is 51.3 Å². The van der Waals surface area contributed by atoms with Gasteiger partial charge >= 0.3 is 0 Å². The van der Waals surface area contributed by atoms with E-state index < -0.39 is 11.7 Å². The second-order valence-corrected chi connectivity index (χ2v) is 8.59. The number of nitrogens with zero attached hydrogens (tertiary/aromatic N) is 3. The molecule has 7 heteroatoms. The molecule has 2 saturated heterocycles. The number of carbonyl (C=O) groups is 3. The van der Waals surface area contributed by atoms with Crippen molar-refractivity contribution in [1.29, 1.82) is 0 Å². The molecule has 1 atom stereocenters. The van der Waals surface area contributed by atoms with Gasteiger partial charge in [-0.3, -0.25) is 19.3 Å². The number of fused-ring (bicyclic) bond motifs is 1. The topological polar surface area (TPSA) is 74.6 Å². The van der Waals surface area contributed by atoms with Crippen molar-refractivity contribution >= 4 is 28.5 Å². The van der Waals surface area contributed by atoms with Gasteiger partial charge in [0.15, 0.2) is 0 Å². The zero-order chi connectivity index (χ0) is 21.8. The number of hydrogen-bond donors (Lipinski definition) is 1. The number of para-hydroxylation sites is 1. The number of benzene rings is 1. The number of hydrogen-bond acceptors (Lipinski definition) is 4. The largest absolute Gasteiger partial charge is 0.348 e. The molecule has 31 heavy (non-hydrogen) atoms. The second kappa shape index (κ2) is 9.64. The zero-order valence-corrected chi connectivity index (χ0v) is 18.3. The molecular formula is C24H32N4O3. The lowest BCUT2D eigenvalue weighted by Gasteiger charge is -2.27. The van der Waals surface area contributed by atoms with Crippen LogP contribution >= 0.6 is 0 Å². The minimum atomic E-state index is -0.576. The van der Waals surface area contributed by atoms with Crippen molar-refractivity contribution < 1.29 is 14.4 Å². The summed E-state index contributed by atoms with van der Waals surface area (Å²) in [6.07, 6.45) is 7.08. The molecule has 0 bridgehead atoms. The molecule has 0 spiro atoms. The van der Waals surface area contributed by atoms with Gasteiger partial charge in [0.05, 0.1) is 5.56 Å². The predicted octanol–water partition coefficient (Wildman–Crippen LogP) is 2.44. The fourth-order valence-corrected chi connectivity index (χ4v) is 4.90. The molecule has 3 heterocycles. The summed E-state index contributed by atoms with van der Waals surface area (Å²) in [5, 5.41) is 3.55. The van der Waals surface area contributed by atoms with E-state index in [1.54, 1.807) is 6.20 Å². The smallest absolute Gasteiger partial charge is 0.292 e. The number of nitrogens with one attached hydrogen (secondary N) is 1. The van der Waals surface area contributed by atoms with Gasteiger partial charge in [0.25, 0.3) is 11.7 Å². The minimum Gasteiger partial charge on any atom is -0.348 e. The third-order valence-electron chi connectivity index (χ3n) is 6.66. The number of Topliss-reactive ketones (excluding diaryl/α,β-unsaturated/α-hetero) is 1. The average Bonchev–Trinajstić information content (AvgIpc) is 3.42. The Morgan fingerprint density at radius 3 is 2.58 bits per heavy atom. The maximum absolute atomic E-state index is 13.0. The summed E-state index contributed by atoms with van der Waals surface area (Å²) >= 11 is 0. The van der Waals surface area contributed by atoms with Crippen LogP contribution in [0.4, 0.5) is 0 Å². The van der Waals surface area contributed by atoms with Gasteiger partial charge in [-0.2, -0.15) is 0 Å². The zero-order valence-electron chi connectivity index (χ0n) is 18.3. The van der Waals surface area contributed by atoms with E-state index in [0.717, 1.165) is 57.4 Å². The number of carbonyl (C=O) groups excluding carboxylic acids is 3. The Labute approximate surface area is 183 Å². The fraction of sp³-hybridized carbons (Fsp3) is 0.542. The Morgan fingerprint density at radius 2 is 1.81 bits per heavy atom.